The topological polar surface area (TPSA) is 0 Å². The predicted octanol–water partition coefficient (Wildman–Crippen LogP) is 5.48. The third-order valence-corrected chi connectivity index (χ3v) is 5.10. The smallest absolute Gasteiger partial charge is 0.0174 e. The molecule has 18 heavy (non-hydrogen) atoms. The number of halogens is 1. The summed E-state index contributed by atoms with van der Waals surface area (Å²) < 4.78 is 0. The van der Waals surface area contributed by atoms with Crippen LogP contribution in [0.3, 0.4) is 0 Å². The van der Waals surface area contributed by atoms with E-state index in [2.05, 4.69) is 61.0 Å². The maximum absolute atomic E-state index is 3.82. The van der Waals surface area contributed by atoms with Gasteiger partial charge in [-0.3, -0.25) is 0 Å². The van der Waals surface area contributed by atoms with Crippen LogP contribution in [-0.4, -0.2) is 4.83 Å². The van der Waals surface area contributed by atoms with Crippen LogP contribution in [0.15, 0.2) is 24.3 Å². The van der Waals surface area contributed by atoms with Gasteiger partial charge in [0.1, 0.15) is 0 Å². The van der Waals surface area contributed by atoms with Crippen molar-refractivity contribution in [3.05, 3.63) is 35.4 Å². The van der Waals surface area contributed by atoms with Crippen LogP contribution in [0.25, 0.3) is 0 Å². The Morgan fingerprint density at radius 2 is 1.78 bits per heavy atom. The standard InChI is InChI=1S/C17H25Br/c1-17(2,3)15-11-7-13(8-12-15)5-4-6-16(18)14-9-10-14/h7-8,11-12,14,16H,4-6,9-10H2,1-3H3. The van der Waals surface area contributed by atoms with Gasteiger partial charge < -0.3 is 0 Å². The number of benzene rings is 1. The summed E-state index contributed by atoms with van der Waals surface area (Å²) in [6, 6.07) is 9.20. The van der Waals surface area contributed by atoms with Crippen LogP contribution in [-0.2, 0) is 11.8 Å². The minimum absolute atomic E-state index is 0.269. The molecule has 1 aromatic carbocycles. The van der Waals surface area contributed by atoms with E-state index in [0.717, 1.165) is 10.7 Å². The van der Waals surface area contributed by atoms with E-state index in [-0.39, 0.29) is 5.41 Å². The number of rotatable bonds is 5. The predicted molar refractivity (Wildman–Crippen MR) is 83.5 cm³/mol. The maximum Gasteiger partial charge on any atom is 0.0174 e. The summed E-state index contributed by atoms with van der Waals surface area (Å²) in [6.45, 7) is 6.81. The fourth-order valence-corrected chi connectivity index (χ4v) is 3.22. The molecule has 0 radical (unpaired) electrons. The van der Waals surface area contributed by atoms with E-state index in [1.165, 1.54) is 43.2 Å². The summed E-state index contributed by atoms with van der Waals surface area (Å²) >= 11 is 3.82. The first kappa shape index (κ1) is 14.1. The van der Waals surface area contributed by atoms with Crippen molar-refractivity contribution in [2.24, 2.45) is 5.92 Å². The Morgan fingerprint density at radius 1 is 1.17 bits per heavy atom. The van der Waals surface area contributed by atoms with E-state index in [1.807, 2.05) is 0 Å². The molecule has 0 amide bonds. The summed E-state index contributed by atoms with van der Waals surface area (Å²) in [5.74, 6) is 0.980. The van der Waals surface area contributed by atoms with E-state index < -0.39 is 0 Å². The Bertz CT molecular complexity index is 368. The summed E-state index contributed by atoms with van der Waals surface area (Å²) in [6.07, 6.45) is 6.73. The monoisotopic (exact) mass is 308 g/mol. The third kappa shape index (κ3) is 4.12. The molecule has 0 spiro atoms. The molecule has 1 atom stereocenters. The first-order valence-electron chi connectivity index (χ1n) is 7.20. The van der Waals surface area contributed by atoms with Crippen LogP contribution < -0.4 is 0 Å². The molecule has 2 rings (SSSR count). The summed E-state index contributed by atoms with van der Waals surface area (Å²) in [7, 11) is 0. The number of aryl methyl sites for hydroxylation is 1. The van der Waals surface area contributed by atoms with Crippen molar-refractivity contribution < 1.29 is 0 Å². The van der Waals surface area contributed by atoms with Gasteiger partial charge in [-0.1, -0.05) is 61.0 Å². The van der Waals surface area contributed by atoms with Crippen LogP contribution in [0.5, 0.6) is 0 Å². The average molecular weight is 309 g/mol. The van der Waals surface area contributed by atoms with Crippen molar-refractivity contribution in [1.82, 2.24) is 0 Å². The van der Waals surface area contributed by atoms with Crippen molar-refractivity contribution in [3.63, 3.8) is 0 Å². The van der Waals surface area contributed by atoms with Gasteiger partial charge in [0.2, 0.25) is 0 Å². The van der Waals surface area contributed by atoms with E-state index in [0.29, 0.717) is 0 Å². The van der Waals surface area contributed by atoms with Gasteiger partial charge in [-0.15, -0.1) is 0 Å². The lowest BCUT2D eigenvalue weighted by Crippen LogP contribution is -2.10. The Hall–Kier alpha value is -0.300. The van der Waals surface area contributed by atoms with Crippen molar-refractivity contribution >= 4 is 15.9 Å². The second kappa shape index (κ2) is 5.77. The van der Waals surface area contributed by atoms with E-state index >= 15 is 0 Å². The minimum Gasteiger partial charge on any atom is -0.0888 e. The van der Waals surface area contributed by atoms with Crippen LogP contribution in [0.4, 0.5) is 0 Å². The molecule has 1 fully saturated rings. The van der Waals surface area contributed by atoms with Crippen molar-refractivity contribution in [1.29, 1.82) is 0 Å². The van der Waals surface area contributed by atoms with Gasteiger partial charge in [-0.05, 0) is 54.6 Å². The quantitative estimate of drug-likeness (QED) is 0.632. The molecule has 1 aromatic rings. The fourth-order valence-electron chi connectivity index (χ4n) is 2.37. The SMILES string of the molecule is CC(C)(C)c1ccc(CCCC(Br)C2CC2)cc1. The zero-order valence-corrected chi connectivity index (χ0v) is 13.5. The molecule has 0 N–H and O–H groups in total. The first-order valence-corrected chi connectivity index (χ1v) is 8.12. The lowest BCUT2D eigenvalue weighted by Gasteiger charge is -2.19. The Kier molecular flexibility index (Phi) is 4.53. The Morgan fingerprint density at radius 3 is 2.28 bits per heavy atom. The molecular formula is C17H25Br. The van der Waals surface area contributed by atoms with Crippen LogP contribution >= 0.6 is 15.9 Å². The molecule has 0 nitrogen and oxygen atoms in total. The molecule has 0 bridgehead atoms. The largest absolute Gasteiger partial charge is 0.0888 e. The normalized spacial score (nSPS) is 17.8. The summed E-state index contributed by atoms with van der Waals surface area (Å²) in [4.78, 5) is 0.770. The van der Waals surface area contributed by atoms with E-state index in [1.54, 1.807) is 0 Å². The second-order valence-corrected chi connectivity index (χ2v) is 7.87. The molecule has 0 aliphatic heterocycles. The number of alkyl halides is 1. The zero-order valence-electron chi connectivity index (χ0n) is 11.9. The van der Waals surface area contributed by atoms with Gasteiger partial charge in [-0.2, -0.15) is 0 Å². The highest BCUT2D eigenvalue weighted by Crippen LogP contribution is 2.38. The molecule has 1 unspecified atom stereocenters. The highest BCUT2D eigenvalue weighted by atomic mass is 79.9. The molecule has 0 heterocycles. The van der Waals surface area contributed by atoms with Gasteiger partial charge in [0.05, 0.1) is 0 Å². The molecule has 1 aliphatic rings. The highest BCUT2D eigenvalue weighted by molar-refractivity contribution is 9.09. The minimum atomic E-state index is 0.269. The Labute approximate surface area is 120 Å². The Balaban J connectivity index is 1.79. The number of hydrogen-bond donors (Lipinski definition) is 0. The molecule has 100 valence electrons. The van der Waals surface area contributed by atoms with Gasteiger partial charge in [0.15, 0.2) is 0 Å². The molecule has 1 aliphatic carbocycles. The molecule has 1 saturated carbocycles. The lowest BCUT2D eigenvalue weighted by atomic mass is 9.86. The van der Waals surface area contributed by atoms with Gasteiger partial charge >= 0.3 is 0 Å². The summed E-state index contributed by atoms with van der Waals surface area (Å²) in [5.41, 5.74) is 3.19. The van der Waals surface area contributed by atoms with Crippen molar-refractivity contribution in [2.75, 3.05) is 0 Å². The number of hydrogen-bond acceptors (Lipinski definition) is 0. The molecule has 0 saturated heterocycles. The fraction of sp³-hybridized carbons (Fsp3) is 0.647. The lowest BCUT2D eigenvalue weighted by molar-refractivity contribution is 0.589. The second-order valence-electron chi connectivity index (χ2n) is 6.69. The molecule has 1 heteroatoms. The van der Waals surface area contributed by atoms with E-state index in [9.17, 15) is 0 Å². The first-order chi connectivity index (χ1) is 8.47. The third-order valence-electron chi connectivity index (χ3n) is 3.90. The van der Waals surface area contributed by atoms with Crippen LogP contribution in [0.1, 0.15) is 57.6 Å². The van der Waals surface area contributed by atoms with Crippen LogP contribution in [0.2, 0.25) is 0 Å². The van der Waals surface area contributed by atoms with Crippen molar-refractivity contribution in [3.8, 4) is 0 Å². The highest BCUT2D eigenvalue weighted by Gasteiger charge is 2.28. The molecule has 0 aromatic heterocycles. The van der Waals surface area contributed by atoms with Gasteiger partial charge in [0.25, 0.3) is 0 Å². The van der Waals surface area contributed by atoms with Crippen molar-refractivity contribution in [2.45, 2.75) is 63.1 Å². The van der Waals surface area contributed by atoms with Gasteiger partial charge in [0, 0.05) is 4.83 Å². The summed E-state index contributed by atoms with van der Waals surface area (Å²) in [5, 5.41) is 0. The van der Waals surface area contributed by atoms with Gasteiger partial charge in [-0.25, -0.2) is 0 Å². The van der Waals surface area contributed by atoms with E-state index in [4.69, 9.17) is 0 Å². The zero-order chi connectivity index (χ0) is 13.2. The van der Waals surface area contributed by atoms with Crippen LogP contribution in [0, 0.1) is 5.92 Å². The average Bonchev–Trinajstić information content (AvgIpc) is 3.12. The maximum atomic E-state index is 3.82. The molecular weight excluding hydrogens is 284 g/mol.